The second-order valence-corrected chi connectivity index (χ2v) is 7.17. The fourth-order valence-electron chi connectivity index (χ4n) is 4.19. The van der Waals surface area contributed by atoms with E-state index in [9.17, 15) is 15.0 Å². The van der Waals surface area contributed by atoms with Crippen molar-refractivity contribution in [3.05, 3.63) is 0 Å². The zero-order valence-electron chi connectivity index (χ0n) is 13.4. The monoisotopic (exact) mass is 297 g/mol. The van der Waals surface area contributed by atoms with Crippen molar-refractivity contribution >= 4 is 5.91 Å². The van der Waals surface area contributed by atoms with Gasteiger partial charge in [-0.05, 0) is 50.9 Å². The molecule has 1 aliphatic heterocycles. The van der Waals surface area contributed by atoms with Crippen molar-refractivity contribution in [3.63, 3.8) is 0 Å². The number of carbonyl (C=O) groups excluding carboxylic acids is 1. The Balaban J connectivity index is 1.93. The van der Waals surface area contributed by atoms with E-state index in [0.717, 1.165) is 64.5 Å². The van der Waals surface area contributed by atoms with Gasteiger partial charge < -0.3 is 15.1 Å². The Hall–Kier alpha value is -0.610. The van der Waals surface area contributed by atoms with Crippen LogP contribution in [0.1, 0.15) is 58.3 Å². The molecule has 1 unspecified atom stereocenters. The first kappa shape index (κ1) is 16.8. The van der Waals surface area contributed by atoms with Gasteiger partial charge in [-0.3, -0.25) is 4.79 Å². The molecule has 2 fully saturated rings. The molecule has 122 valence electrons. The van der Waals surface area contributed by atoms with Gasteiger partial charge in [-0.1, -0.05) is 13.3 Å². The van der Waals surface area contributed by atoms with Crippen LogP contribution in [0.4, 0.5) is 0 Å². The molecular formula is C17H31NO3. The van der Waals surface area contributed by atoms with Crippen LogP contribution >= 0.6 is 0 Å². The fourth-order valence-corrected chi connectivity index (χ4v) is 4.19. The second-order valence-electron chi connectivity index (χ2n) is 7.17. The highest BCUT2D eigenvalue weighted by atomic mass is 16.3. The lowest BCUT2D eigenvalue weighted by molar-refractivity contribution is -0.141. The van der Waals surface area contributed by atoms with Crippen LogP contribution in [0.25, 0.3) is 0 Å². The van der Waals surface area contributed by atoms with Crippen LogP contribution in [0.15, 0.2) is 0 Å². The van der Waals surface area contributed by atoms with E-state index in [0.29, 0.717) is 11.8 Å². The van der Waals surface area contributed by atoms with Gasteiger partial charge in [0.05, 0.1) is 6.61 Å². The van der Waals surface area contributed by atoms with Gasteiger partial charge in [-0.2, -0.15) is 0 Å². The summed E-state index contributed by atoms with van der Waals surface area (Å²) in [5.41, 5.74) is -0.0645. The molecule has 1 heterocycles. The summed E-state index contributed by atoms with van der Waals surface area (Å²) in [5, 5.41) is 19.0. The van der Waals surface area contributed by atoms with Crippen molar-refractivity contribution in [1.29, 1.82) is 0 Å². The van der Waals surface area contributed by atoms with E-state index in [1.807, 2.05) is 4.90 Å². The van der Waals surface area contributed by atoms with Gasteiger partial charge in [0.15, 0.2) is 0 Å². The van der Waals surface area contributed by atoms with Crippen molar-refractivity contribution in [2.75, 3.05) is 26.3 Å². The van der Waals surface area contributed by atoms with Crippen LogP contribution in [-0.2, 0) is 4.79 Å². The number of piperidine rings is 1. The third-order valence-electron chi connectivity index (χ3n) is 5.54. The number of carbonyl (C=O) groups is 1. The minimum Gasteiger partial charge on any atom is -0.396 e. The summed E-state index contributed by atoms with van der Waals surface area (Å²) in [6.07, 6.45) is 7.90. The molecule has 0 aromatic heterocycles. The van der Waals surface area contributed by atoms with Crippen LogP contribution in [0.5, 0.6) is 0 Å². The summed E-state index contributed by atoms with van der Waals surface area (Å²) in [6, 6.07) is 0. The molecule has 1 amide bonds. The quantitative estimate of drug-likeness (QED) is 0.817. The molecule has 1 saturated heterocycles. The lowest BCUT2D eigenvalue weighted by atomic mass is 9.76. The van der Waals surface area contributed by atoms with Crippen molar-refractivity contribution in [3.8, 4) is 0 Å². The van der Waals surface area contributed by atoms with Crippen LogP contribution in [-0.4, -0.2) is 47.3 Å². The first-order chi connectivity index (χ1) is 10.1. The Morgan fingerprint density at radius 1 is 1.24 bits per heavy atom. The van der Waals surface area contributed by atoms with Gasteiger partial charge in [-0.25, -0.2) is 0 Å². The van der Waals surface area contributed by atoms with Gasteiger partial charge in [0.25, 0.3) is 0 Å². The van der Waals surface area contributed by atoms with E-state index in [2.05, 4.69) is 6.92 Å². The third kappa shape index (κ3) is 3.98. The minimum absolute atomic E-state index is 0.0645. The molecule has 0 aromatic carbocycles. The van der Waals surface area contributed by atoms with E-state index in [-0.39, 0.29) is 24.5 Å². The highest BCUT2D eigenvalue weighted by Crippen LogP contribution is 2.36. The molecule has 1 atom stereocenters. The van der Waals surface area contributed by atoms with Crippen LogP contribution in [0.2, 0.25) is 0 Å². The van der Waals surface area contributed by atoms with Crippen LogP contribution in [0.3, 0.4) is 0 Å². The highest BCUT2D eigenvalue weighted by molar-refractivity contribution is 5.79. The molecule has 0 aromatic rings. The number of hydrogen-bond donors (Lipinski definition) is 2. The lowest BCUT2D eigenvalue weighted by Crippen LogP contribution is -2.50. The second kappa shape index (κ2) is 7.59. The van der Waals surface area contributed by atoms with Crippen molar-refractivity contribution in [2.45, 2.75) is 58.3 Å². The van der Waals surface area contributed by atoms with Crippen molar-refractivity contribution in [2.24, 2.45) is 17.3 Å². The molecule has 2 N–H and O–H groups in total. The van der Waals surface area contributed by atoms with E-state index in [1.165, 1.54) is 0 Å². The summed E-state index contributed by atoms with van der Waals surface area (Å²) < 4.78 is 0. The Morgan fingerprint density at radius 2 is 1.95 bits per heavy atom. The van der Waals surface area contributed by atoms with E-state index < -0.39 is 0 Å². The average molecular weight is 297 g/mol. The topological polar surface area (TPSA) is 60.8 Å². The largest absolute Gasteiger partial charge is 0.396 e. The van der Waals surface area contributed by atoms with E-state index in [4.69, 9.17) is 0 Å². The molecule has 4 heteroatoms. The Labute approximate surface area is 128 Å². The molecule has 1 saturated carbocycles. The first-order valence-corrected chi connectivity index (χ1v) is 8.64. The van der Waals surface area contributed by atoms with Crippen LogP contribution in [0, 0.1) is 17.3 Å². The number of hydrogen-bond acceptors (Lipinski definition) is 3. The molecule has 2 rings (SSSR count). The maximum atomic E-state index is 12.7. The number of aliphatic hydroxyl groups excluding tert-OH is 2. The summed E-state index contributed by atoms with van der Waals surface area (Å²) in [5.74, 6) is 0.830. The zero-order valence-corrected chi connectivity index (χ0v) is 13.4. The van der Waals surface area contributed by atoms with Gasteiger partial charge in [0.2, 0.25) is 5.91 Å². The molecule has 0 bridgehead atoms. The van der Waals surface area contributed by atoms with Crippen molar-refractivity contribution < 1.29 is 15.0 Å². The number of likely N-dealkylation sites (tertiary alicyclic amines) is 1. The normalized spacial score (nSPS) is 34.0. The number of nitrogens with zero attached hydrogens (tertiary/aromatic N) is 1. The molecule has 0 radical (unpaired) electrons. The molecule has 2 aliphatic rings. The Morgan fingerprint density at radius 3 is 2.52 bits per heavy atom. The minimum atomic E-state index is -0.0645. The Bertz CT molecular complexity index is 335. The van der Waals surface area contributed by atoms with Gasteiger partial charge in [0.1, 0.15) is 0 Å². The fraction of sp³-hybridized carbons (Fsp3) is 0.941. The lowest BCUT2D eigenvalue weighted by Gasteiger charge is -2.43. The third-order valence-corrected chi connectivity index (χ3v) is 5.54. The number of aliphatic hydroxyl groups is 2. The summed E-state index contributed by atoms with van der Waals surface area (Å²) in [6.45, 7) is 4.19. The molecular weight excluding hydrogens is 266 g/mol. The maximum absolute atomic E-state index is 12.7. The zero-order chi connectivity index (χ0) is 15.3. The van der Waals surface area contributed by atoms with Gasteiger partial charge >= 0.3 is 0 Å². The van der Waals surface area contributed by atoms with Crippen molar-refractivity contribution in [1.82, 2.24) is 4.90 Å². The molecule has 0 spiro atoms. The number of rotatable bonds is 5. The molecule has 1 aliphatic carbocycles. The van der Waals surface area contributed by atoms with Gasteiger partial charge in [0, 0.05) is 31.0 Å². The predicted octanol–water partition coefficient (Wildman–Crippen LogP) is 2.19. The van der Waals surface area contributed by atoms with E-state index >= 15 is 0 Å². The SMILES string of the molecule is CCCC1(CO)CCCN(C(=O)C2CCC(CO)CC2)C1. The summed E-state index contributed by atoms with van der Waals surface area (Å²) in [7, 11) is 0. The molecule has 21 heavy (non-hydrogen) atoms. The highest BCUT2D eigenvalue weighted by Gasteiger charge is 2.38. The smallest absolute Gasteiger partial charge is 0.225 e. The predicted molar refractivity (Wildman–Crippen MR) is 82.8 cm³/mol. The first-order valence-electron chi connectivity index (χ1n) is 8.64. The van der Waals surface area contributed by atoms with E-state index in [1.54, 1.807) is 0 Å². The van der Waals surface area contributed by atoms with Crippen LogP contribution < -0.4 is 0 Å². The van der Waals surface area contributed by atoms with Gasteiger partial charge in [-0.15, -0.1) is 0 Å². The standard InChI is InChI=1S/C17H31NO3/c1-2-8-17(13-20)9-3-10-18(12-17)16(21)15-6-4-14(11-19)5-7-15/h14-15,19-20H,2-13H2,1H3. The summed E-state index contributed by atoms with van der Waals surface area (Å²) >= 11 is 0. The maximum Gasteiger partial charge on any atom is 0.225 e. The number of amides is 1. The Kier molecular flexibility index (Phi) is 6.06. The molecule has 4 nitrogen and oxygen atoms in total. The average Bonchev–Trinajstić information content (AvgIpc) is 2.55. The summed E-state index contributed by atoms with van der Waals surface area (Å²) in [4.78, 5) is 14.8.